The summed E-state index contributed by atoms with van der Waals surface area (Å²) in [7, 11) is 0. The molecule has 0 N–H and O–H groups in total. The zero-order valence-corrected chi connectivity index (χ0v) is 28.5. The Morgan fingerprint density at radius 3 is 2.58 bits per heavy atom. The Morgan fingerprint density at radius 1 is 1.16 bits per heavy atom. The number of rotatable bonds is 3. The Labute approximate surface area is 275 Å². The minimum absolute atomic E-state index is 0.0988. The van der Waals surface area contributed by atoms with Crippen LogP contribution in [-0.2, 0) is 24.0 Å². The highest BCUT2D eigenvalue weighted by atomic mass is 79.9. The van der Waals surface area contributed by atoms with E-state index in [-0.39, 0.29) is 43.1 Å². The first kappa shape index (κ1) is 32.4. The van der Waals surface area contributed by atoms with Crippen LogP contribution in [0.1, 0.15) is 52.3 Å². The van der Waals surface area contributed by atoms with E-state index in [0.717, 1.165) is 9.46 Å². The van der Waals surface area contributed by atoms with Gasteiger partial charge < -0.3 is 19.1 Å². The molecular formula is C28H33BrClF3N8O3S. The second-order valence-corrected chi connectivity index (χ2v) is 15.0. The van der Waals surface area contributed by atoms with Gasteiger partial charge in [0.2, 0.25) is 5.82 Å². The summed E-state index contributed by atoms with van der Waals surface area (Å²) in [6.45, 7) is 11.3. The fraction of sp³-hybridized carbons (Fsp3) is 0.607. The number of ether oxygens (including phenoxy) is 1. The van der Waals surface area contributed by atoms with Crippen LogP contribution in [0.25, 0.3) is 10.9 Å². The number of carbonyl (C=O) groups excluding carboxylic acids is 1. The molecule has 6 rings (SSSR count). The topological polar surface area (TPSA) is 102 Å². The van der Waals surface area contributed by atoms with Crippen molar-refractivity contribution in [2.24, 2.45) is 0 Å². The van der Waals surface area contributed by atoms with Gasteiger partial charge in [-0.15, -0.1) is 22.0 Å². The standard InChI is InChI=1S/C28H33BrClF3N8O3S/c1-14-10-40(26(43)44-27(3,4)5)15(2)9-39(14)23-17-8-18(30)20(29)22-21(17)41(25(42)34-23)16(13-45-22)11-37-6-7-38-19(12-37)35-36-24(38)28(31,32)33/h8,14-16H,6-7,9-13H2,1-5H3/t14-,15-,16-/m0/s1. The lowest BCUT2D eigenvalue weighted by atomic mass is 10.1. The average molecular weight is 734 g/mol. The number of halogens is 5. The molecule has 0 saturated carbocycles. The third-order valence-corrected chi connectivity index (χ3v) is 11.1. The van der Waals surface area contributed by atoms with Crippen molar-refractivity contribution in [2.75, 3.05) is 36.8 Å². The molecule has 17 heteroatoms. The summed E-state index contributed by atoms with van der Waals surface area (Å²) in [5.74, 6) is 0.291. The number of amides is 1. The smallest absolute Gasteiger partial charge is 0.444 e. The minimum Gasteiger partial charge on any atom is -0.444 e. The minimum atomic E-state index is -4.57. The van der Waals surface area contributed by atoms with Crippen molar-refractivity contribution in [3.63, 3.8) is 0 Å². The predicted octanol–water partition coefficient (Wildman–Crippen LogP) is 5.42. The predicted molar refractivity (Wildman–Crippen MR) is 168 cm³/mol. The summed E-state index contributed by atoms with van der Waals surface area (Å²) in [6.07, 6.45) is -4.96. The quantitative estimate of drug-likeness (QED) is 0.350. The summed E-state index contributed by atoms with van der Waals surface area (Å²) in [4.78, 5) is 38.0. The van der Waals surface area contributed by atoms with E-state index >= 15 is 0 Å². The molecule has 1 amide bonds. The Hall–Kier alpha value is -2.56. The number of benzene rings is 1. The first-order valence-corrected chi connectivity index (χ1v) is 16.7. The number of carbonyl (C=O) groups is 1. The molecule has 11 nitrogen and oxygen atoms in total. The van der Waals surface area contributed by atoms with E-state index in [1.165, 1.54) is 0 Å². The lowest BCUT2D eigenvalue weighted by molar-refractivity contribution is -0.148. The highest BCUT2D eigenvalue weighted by molar-refractivity contribution is 9.10. The van der Waals surface area contributed by atoms with Crippen molar-refractivity contribution < 1.29 is 22.7 Å². The van der Waals surface area contributed by atoms with Crippen LogP contribution in [-0.4, -0.2) is 89.8 Å². The van der Waals surface area contributed by atoms with Crippen molar-refractivity contribution in [1.29, 1.82) is 0 Å². The second-order valence-electron chi connectivity index (χ2n) is 12.8. The van der Waals surface area contributed by atoms with E-state index in [2.05, 4.69) is 31.1 Å². The van der Waals surface area contributed by atoms with Gasteiger partial charge in [-0.25, -0.2) is 9.59 Å². The molecule has 5 heterocycles. The van der Waals surface area contributed by atoms with Crippen molar-refractivity contribution >= 4 is 62.1 Å². The maximum Gasteiger partial charge on any atom is 0.451 e. The van der Waals surface area contributed by atoms with Gasteiger partial charge in [-0.3, -0.25) is 9.47 Å². The van der Waals surface area contributed by atoms with E-state index in [9.17, 15) is 22.8 Å². The van der Waals surface area contributed by atoms with Crippen molar-refractivity contribution in [2.45, 2.75) is 82.5 Å². The Balaban J connectivity index is 1.33. The van der Waals surface area contributed by atoms with Gasteiger partial charge >= 0.3 is 18.0 Å². The number of hydrogen-bond acceptors (Lipinski definition) is 9. The molecule has 244 valence electrons. The SMILES string of the molecule is C[C@H]1CN(c2nc(=O)n3c4c(c(Br)c(Cl)cc24)SC[C@@H]3CN2CCn3c(nnc3C(F)(F)F)C2)[C@@H](C)CN1C(=O)OC(C)(C)C. The van der Waals surface area contributed by atoms with E-state index in [1.807, 2.05) is 50.5 Å². The molecule has 0 spiro atoms. The number of nitrogens with zero attached hydrogens (tertiary/aromatic N) is 8. The van der Waals surface area contributed by atoms with Crippen LogP contribution < -0.4 is 10.6 Å². The summed E-state index contributed by atoms with van der Waals surface area (Å²) in [5, 5.41) is 8.38. The number of piperazine rings is 1. The molecule has 0 unspecified atom stereocenters. The van der Waals surface area contributed by atoms with Crippen LogP contribution in [0.5, 0.6) is 0 Å². The first-order valence-electron chi connectivity index (χ1n) is 14.6. The van der Waals surface area contributed by atoms with Gasteiger partial charge in [0.25, 0.3) is 0 Å². The fourth-order valence-electron chi connectivity index (χ4n) is 6.25. The molecule has 1 fully saturated rings. The molecule has 3 aliphatic heterocycles. The second kappa shape index (κ2) is 11.6. The molecule has 3 aromatic rings. The van der Waals surface area contributed by atoms with E-state index in [0.29, 0.717) is 58.1 Å². The molecule has 0 bridgehead atoms. The summed E-state index contributed by atoms with van der Waals surface area (Å²) >= 11 is 11.9. The largest absolute Gasteiger partial charge is 0.451 e. The zero-order valence-electron chi connectivity index (χ0n) is 25.4. The van der Waals surface area contributed by atoms with E-state index in [1.54, 1.807) is 21.2 Å². The maximum absolute atomic E-state index is 13.9. The molecule has 2 aromatic heterocycles. The highest BCUT2D eigenvalue weighted by Crippen LogP contribution is 2.46. The van der Waals surface area contributed by atoms with Crippen LogP contribution >= 0.6 is 39.3 Å². The number of thioether (sulfide) groups is 1. The van der Waals surface area contributed by atoms with E-state index in [4.69, 9.17) is 16.3 Å². The molecular weight excluding hydrogens is 701 g/mol. The number of anilines is 1. The Bertz CT molecular complexity index is 1730. The average Bonchev–Trinajstić information content (AvgIpc) is 3.37. The van der Waals surface area contributed by atoms with E-state index < -0.39 is 23.3 Å². The normalized spacial score (nSPS) is 22.6. The Morgan fingerprint density at radius 2 is 1.89 bits per heavy atom. The van der Waals surface area contributed by atoms with Gasteiger partial charge in [-0.05, 0) is 56.6 Å². The molecule has 1 aromatic carbocycles. The van der Waals surface area contributed by atoms with Gasteiger partial charge in [0.05, 0.1) is 27.6 Å². The molecule has 45 heavy (non-hydrogen) atoms. The van der Waals surface area contributed by atoms with Crippen LogP contribution in [0.4, 0.5) is 23.8 Å². The van der Waals surface area contributed by atoms with Gasteiger partial charge in [-0.2, -0.15) is 18.2 Å². The highest BCUT2D eigenvalue weighted by Gasteiger charge is 2.41. The van der Waals surface area contributed by atoms with Crippen LogP contribution in [0.15, 0.2) is 20.2 Å². The maximum atomic E-state index is 13.9. The number of alkyl halides is 3. The lowest BCUT2D eigenvalue weighted by Gasteiger charge is -2.45. The van der Waals surface area contributed by atoms with Gasteiger partial charge in [0.15, 0.2) is 0 Å². The molecule has 1 saturated heterocycles. The number of hydrogen-bond donors (Lipinski definition) is 0. The summed E-state index contributed by atoms with van der Waals surface area (Å²) in [6, 6.07) is 1.12. The number of aromatic nitrogens is 5. The monoisotopic (exact) mass is 732 g/mol. The molecule has 3 aliphatic rings. The van der Waals surface area contributed by atoms with Gasteiger partial charge in [0, 0.05) is 60.8 Å². The zero-order chi connectivity index (χ0) is 32.6. The summed E-state index contributed by atoms with van der Waals surface area (Å²) < 4.78 is 49.2. The van der Waals surface area contributed by atoms with Gasteiger partial charge in [0.1, 0.15) is 17.2 Å². The first-order chi connectivity index (χ1) is 21.0. The van der Waals surface area contributed by atoms with Crippen LogP contribution in [0, 0.1) is 0 Å². The summed E-state index contributed by atoms with van der Waals surface area (Å²) in [5.41, 5.74) is -0.344. The fourth-order valence-corrected chi connectivity index (χ4v) is 8.35. The lowest BCUT2D eigenvalue weighted by Crippen LogP contribution is -2.59. The third kappa shape index (κ3) is 6.02. The molecule has 0 radical (unpaired) electrons. The van der Waals surface area contributed by atoms with Crippen molar-refractivity contribution in [1.82, 2.24) is 34.1 Å². The van der Waals surface area contributed by atoms with Crippen LogP contribution in [0.3, 0.4) is 0 Å². The third-order valence-electron chi connectivity index (χ3n) is 8.27. The Kier molecular flexibility index (Phi) is 8.35. The molecule has 0 aliphatic carbocycles. The van der Waals surface area contributed by atoms with Crippen molar-refractivity contribution in [3.8, 4) is 0 Å². The number of fused-ring (bicyclic) bond motifs is 1. The van der Waals surface area contributed by atoms with Gasteiger partial charge in [-0.1, -0.05) is 11.6 Å². The van der Waals surface area contributed by atoms with Crippen molar-refractivity contribution in [3.05, 3.63) is 37.7 Å². The molecule has 3 atom stereocenters. The van der Waals surface area contributed by atoms with Crippen LogP contribution in [0.2, 0.25) is 5.02 Å².